The lowest BCUT2D eigenvalue weighted by atomic mass is 10.2. The average Bonchev–Trinajstić information content (AvgIpc) is 2.55. The fourth-order valence-corrected chi connectivity index (χ4v) is 9.80. The molecule has 0 heterocycles. The molecule has 0 spiro atoms. The highest BCUT2D eigenvalue weighted by atomic mass is 127. The summed E-state index contributed by atoms with van der Waals surface area (Å²) in [5.74, 6) is -0.156. The third-order valence-corrected chi connectivity index (χ3v) is 9.28. The van der Waals surface area contributed by atoms with Crippen LogP contribution in [0.5, 0.6) is 11.5 Å². The largest absolute Gasteiger partial charge is 0.506 e. The monoisotopic (exact) mass is 968 g/mol. The van der Waals surface area contributed by atoms with E-state index in [0.717, 1.165) is 0 Å². The van der Waals surface area contributed by atoms with Crippen LogP contribution in [0.25, 0.3) is 0 Å². The first-order valence-electron chi connectivity index (χ1n) is 7.06. The van der Waals surface area contributed by atoms with E-state index in [1.807, 2.05) is 67.8 Å². The van der Waals surface area contributed by atoms with E-state index in [4.69, 9.17) is 9.47 Å². The minimum absolute atomic E-state index is 0.0351. The lowest BCUT2D eigenvalue weighted by Gasteiger charge is -2.12. The van der Waals surface area contributed by atoms with Gasteiger partial charge in [-0.3, -0.25) is 4.55 Å². The summed E-state index contributed by atoms with van der Waals surface area (Å²) in [4.78, 5) is 12.2. The number of benzene rings is 2. The summed E-state index contributed by atoms with van der Waals surface area (Å²) < 4.78 is 45.1. The number of rotatable bonds is 6. The van der Waals surface area contributed by atoms with Crippen molar-refractivity contribution in [2.45, 2.75) is 4.90 Å². The van der Waals surface area contributed by atoms with E-state index in [2.05, 4.69) is 0 Å². The molecule has 0 saturated carbocycles. The van der Waals surface area contributed by atoms with Crippen LogP contribution in [0, 0.1) is 17.9 Å². The summed E-state index contributed by atoms with van der Waals surface area (Å²) in [6.07, 6.45) is 0. The van der Waals surface area contributed by atoms with Crippen molar-refractivity contribution in [1.29, 1.82) is 0 Å². The molecular formula is C15H9I5O7S. The third-order valence-electron chi connectivity index (χ3n) is 3.16. The molecule has 0 unspecified atom stereocenters. The van der Waals surface area contributed by atoms with Crippen molar-refractivity contribution in [2.75, 3.05) is 13.2 Å². The first-order valence-corrected chi connectivity index (χ1v) is 13.9. The maximum atomic E-state index is 12.3. The number of carbonyl (C=O) groups excluding carboxylic acids is 1. The molecule has 152 valence electrons. The fourth-order valence-electron chi connectivity index (χ4n) is 2.00. The lowest BCUT2D eigenvalue weighted by molar-refractivity contribution is 0.0447. The van der Waals surface area contributed by atoms with Crippen molar-refractivity contribution in [3.05, 3.63) is 41.6 Å². The number of hydrogen-bond donors (Lipinski definition) is 2. The second kappa shape index (κ2) is 10.6. The summed E-state index contributed by atoms with van der Waals surface area (Å²) in [6.45, 7) is 0.0115. The summed E-state index contributed by atoms with van der Waals surface area (Å²) in [5.41, 5.74) is 0.292. The third kappa shape index (κ3) is 6.29. The molecule has 2 aromatic carbocycles. The zero-order valence-corrected chi connectivity index (χ0v) is 25.0. The quantitative estimate of drug-likeness (QED) is 0.184. The van der Waals surface area contributed by atoms with Crippen molar-refractivity contribution in [1.82, 2.24) is 0 Å². The van der Waals surface area contributed by atoms with Gasteiger partial charge in [-0.2, -0.15) is 8.42 Å². The average molecular weight is 968 g/mol. The number of phenols is 1. The summed E-state index contributed by atoms with van der Waals surface area (Å²) in [7, 11) is -4.33. The number of esters is 1. The smallest absolute Gasteiger partial charge is 0.340 e. The Bertz CT molecular complexity index is 1020. The van der Waals surface area contributed by atoms with Crippen molar-refractivity contribution >= 4 is 129 Å². The van der Waals surface area contributed by atoms with E-state index in [1.54, 1.807) is 51.2 Å². The van der Waals surface area contributed by atoms with Gasteiger partial charge < -0.3 is 14.6 Å². The minimum atomic E-state index is -4.33. The van der Waals surface area contributed by atoms with Gasteiger partial charge in [-0.15, -0.1) is 0 Å². The van der Waals surface area contributed by atoms with Crippen molar-refractivity contribution in [3.8, 4) is 11.5 Å². The highest BCUT2D eigenvalue weighted by Gasteiger charge is 2.21. The molecule has 2 rings (SSSR count). The standard InChI is InChI=1S/C15H9I5O7S/c16-7-5-8(17)13(21)12(20)11(7)15(22)27-2-1-26-6-3-9(18)14(10(19)4-6)28(23,24)25/h3-5,21H,1-2H2,(H,23,24,25). The Morgan fingerprint density at radius 3 is 2.04 bits per heavy atom. The highest BCUT2D eigenvalue weighted by molar-refractivity contribution is 14.1. The molecule has 0 aliphatic heterocycles. The lowest BCUT2D eigenvalue weighted by Crippen LogP contribution is -2.15. The Morgan fingerprint density at radius 2 is 1.50 bits per heavy atom. The van der Waals surface area contributed by atoms with Crippen LogP contribution in [0.15, 0.2) is 23.1 Å². The molecule has 13 heteroatoms. The van der Waals surface area contributed by atoms with Crippen LogP contribution in [-0.2, 0) is 14.9 Å². The van der Waals surface area contributed by atoms with Crippen LogP contribution in [0.3, 0.4) is 0 Å². The van der Waals surface area contributed by atoms with Crippen LogP contribution < -0.4 is 4.74 Å². The predicted octanol–water partition coefficient (Wildman–Crippen LogP) is 4.90. The Balaban J connectivity index is 2.02. The van der Waals surface area contributed by atoms with Gasteiger partial charge in [-0.05, 0) is 131 Å². The van der Waals surface area contributed by atoms with Crippen molar-refractivity contribution < 1.29 is 32.3 Å². The molecule has 0 bridgehead atoms. The van der Waals surface area contributed by atoms with Crippen LogP contribution in [-0.4, -0.2) is 37.3 Å². The molecule has 0 radical (unpaired) electrons. The van der Waals surface area contributed by atoms with Gasteiger partial charge in [0.2, 0.25) is 0 Å². The molecule has 0 atom stereocenters. The molecule has 2 aromatic rings. The molecule has 0 amide bonds. The van der Waals surface area contributed by atoms with E-state index in [9.17, 15) is 22.9 Å². The maximum absolute atomic E-state index is 12.3. The van der Waals surface area contributed by atoms with Gasteiger partial charge in [0.1, 0.15) is 29.6 Å². The van der Waals surface area contributed by atoms with Crippen LogP contribution in [0.2, 0.25) is 0 Å². The Morgan fingerprint density at radius 1 is 0.929 bits per heavy atom. The van der Waals surface area contributed by atoms with E-state index in [1.165, 1.54) is 12.1 Å². The normalized spacial score (nSPS) is 11.4. The first kappa shape index (κ1) is 25.3. The molecule has 28 heavy (non-hydrogen) atoms. The second-order valence-corrected chi connectivity index (χ2v) is 12.1. The van der Waals surface area contributed by atoms with Gasteiger partial charge in [0.25, 0.3) is 10.1 Å². The van der Waals surface area contributed by atoms with Gasteiger partial charge in [-0.25, -0.2) is 4.79 Å². The molecule has 0 aliphatic rings. The van der Waals surface area contributed by atoms with Crippen LogP contribution in [0.4, 0.5) is 0 Å². The number of carbonyl (C=O) groups is 1. The molecule has 0 aliphatic carbocycles. The maximum Gasteiger partial charge on any atom is 0.340 e. The SMILES string of the molecule is O=C(OCCOc1cc(I)c(S(=O)(=O)O)c(I)c1)c1c(I)cc(I)c(O)c1I. The van der Waals surface area contributed by atoms with Gasteiger partial charge in [-0.1, -0.05) is 0 Å². The number of halogens is 5. The molecule has 0 saturated heterocycles. The molecule has 0 aromatic heterocycles. The molecule has 0 fully saturated rings. The first-order chi connectivity index (χ1) is 12.9. The fraction of sp³-hybridized carbons (Fsp3) is 0.133. The Kier molecular flexibility index (Phi) is 9.58. The van der Waals surface area contributed by atoms with Crippen LogP contribution in [0.1, 0.15) is 10.4 Å². The minimum Gasteiger partial charge on any atom is -0.506 e. The van der Waals surface area contributed by atoms with Gasteiger partial charge >= 0.3 is 5.97 Å². The van der Waals surface area contributed by atoms with Gasteiger partial charge in [0, 0.05) is 10.7 Å². The Labute approximate surface area is 229 Å². The highest BCUT2D eigenvalue weighted by Crippen LogP contribution is 2.33. The predicted molar refractivity (Wildman–Crippen MR) is 144 cm³/mol. The van der Waals surface area contributed by atoms with E-state index in [-0.39, 0.29) is 23.9 Å². The molecular weight excluding hydrogens is 959 g/mol. The Hall–Kier alpha value is 1.07. The summed E-state index contributed by atoms with van der Waals surface area (Å²) in [6, 6.07) is 4.62. The number of ether oxygens (including phenoxy) is 2. The summed E-state index contributed by atoms with van der Waals surface area (Å²) >= 11 is 9.47. The van der Waals surface area contributed by atoms with Crippen molar-refractivity contribution in [3.63, 3.8) is 0 Å². The van der Waals surface area contributed by atoms with E-state index in [0.29, 0.717) is 29.2 Å². The number of phenolic OH excluding ortho intramolecular Hbond substituents is 1. The van der Waals surface area contributed by atoms with Crippen LogP contribution >= 0.6 is 113 Å². The molecule has 7 nitrogen and oxygen atoms in total. The topological polar surface area (TPSA) is 110 Å². The van der Waals surface area contributed by atoms with E-state index < -0.39 is 16.1 Å². The van der Waals surface area contributed by atoms with Gasteiger partial charge in [0.15, 0.2) is 0 Å². The zero-order chi connectivity index (χ0) is 21.2. The summed E-state index contributed by atoms with van der Waals surface area (Å²) in [5, 5.41) is 10.00. The van der Waals surface area contributed by atoms with E-state index >= 15 is 0 Å². The number of aromatic hydroxyl groups is 1. The zero-order valence-electron chi connectivity index (χ0n) is 13.4. The number of hydrogen-bond acceptors (Lipinski definition) is 6. The molecule has 2 N–H and O–H groups in total. The van der Waals surface area contributed by atoms with Crippen molar-refractivity contribution in [2.24, 2.45) is 0 Å². The second-order valence-electron chi connectivity index (χ2n) is 5.05. The van der Waals surface area contributed by atoms with Gasteiger partial charge in [0.05, 0.1) is 12.7 Å².